The lowest BCUT2D eigenvalue weighted by Crippen LogP contribution is -2.32. The second-order valence-corrected chi connectivity index (χ2v) is 6.38. The van der Waals surface area contributed by atoms with Crippen LogP contribution in [0.15, 0.2) is 35.3 Å². The minimum atomic E-state index is -0.604. The largest absolute Gasteiger partial charge is 0.397 e. The third-order valence-corrected chi connectivity index (χ3v) is 4.56. The Bertz CT molecular complexity index is 1240. The van der Waals surface area contributed by atoms with Gasteiger partial charge in [-0.05, 0) is 29.8 Å². The van der Waals surface area contributed by atoms with Crippen molar-refractivity contribution < 1.29 is 0 Å². The predicted octanol–water partition coefficient (Wildman–Crippen LogP) is 2.26. The lowest BCUT2D eigenvalue weighted by atomic mass is 9.94. The van der Waals surface area contributed by atoms with E-state index in [1.54, 1.807) is 6.07 Å². The Morgan fingerprint density at radius 2 is 1.96 bits per heavy atom. The van der Waals surface area contributed by atoms with E-state index in [1.807, 2.05) is 36.5 Å². The number of anilines is 3. The van der Waals surface area contributed by atoms with Crippen LogP contribution in [-0.2, 0) is 0 Å². The minimum Gasteiger partial charge on any atom is -0.397 e. The zero-order valence-electron chi connectivity index (χ0n) is 14.2. The summed E-state index contributed by atoms with van der Waals surface area (Å²) in [6.45, 7) is 0. The third-order valence-electron chi connectivity index (χ3n) is 4.35. The van der Waals surface area contributed by atoms with Crippen LogP contribution in [-0.4, -0.2) is 15.9 Å². The van der Waals surface area contributed by atoms with Gasteiger partial charge in [0, 0.05) is 10.9 Å². The number of benzene rings is 1. The molecule has 3 aromatic rings. The van der Waals surface area contributed by atoms with Crippen LogP contribution in [0.4, 0.5) is 17.3 Å². The Morgan fingerprint density at radius 1 is 1.14 bits per heavy atom. The molecule has 10 heteroatoms. The molecule has 1 aromatic carbocycles. The third kappa shape index (κ3) is 2.76. The highest BCUT2D eigenvalue weighted by Gasteiger charge is 2.29. The van der Waals surface area contributed by atoms with E-state index in [0.29, 0.717) is 16.5 Å². The molecular weight excluding hydrogens is 378 g/mol. The fourth-order valence-corrected chi connectivity index (χ4v) is 3.27. The molecule has 4 rings (SSSR count). The molecule has 3 heterocycles. The molecule has 28 heavy (non-hydrogen) atoms. The molecule has 1 aliphatic heterocycles. The number of pyridine rings is 2. The first kappa shape index (κ1) is 17.3. The number of nitriles is 2. The van der Waals surface area contributed by atoms with Crippen molar-refractivity contribution in [3.63, 3.8) is 0 Å². The Hall–Kier alpha value is -4.08. The van der Waals surface area contributed by atoms with Gasteiger partial charge in [0.15, 0.2) is 6.19 Å². The molecular formula is C18H12ClN9. The van der Waals surface area contributed by atoms with Gasteiger partial charge in [-0.25, -0.2) is 15.0 Å². The van der Waals surface area contributed by atoms with Crippen molar-refractivity contribution in [3.8, 4) is 12.3 Å². The summed E-state index contributed by atoms with van der Waals surface area (Å²) in [6, 6.07) is 10.5. The summed E-state index contributed by atoms with van der Waals surface area (Å²) >= 11 is 5.95. The van der Waals surface area contributed by atoms with Crippen molar-refractivity contribution in [2.45, 2.75) is 6.04 Å². The van der Waals surface area contributed by atoms with E-state index in [-0.39, 0.29) is 23.0 Å². The molecule has 1 atom stereocenters. The molecule has 6 N–H and O–H groups in total. The second kappa shape index (κ2) is 6.58. The van der Waals surface area contributed by atoms with Gasteiger partial charge in [-0.1, -0.05) is 17.7 Å². The average molecular weight is 390 g/mol. The number of fused-ring (bicyclic) bond motifs is 2. The van der Waals surface area contributed by atoms with E-state index in [4.69, 9.17) is 28.3 Å². The normalized spacial score (nSPS) is 15.0. The summed E-state index contributed by atoms with van der Waals surface area (Å²) in [7, 11) is 0. The van der Waals surface area contributed by atoms with Gasteiger partial charge in [0.1, 0.15) is 34.5 Å². The zero-order chi connectivity index (χ0) is 19.8. The summed E-state index contributed by atoms with van der Waals surface area (Å²) < 4.78 is 0. The van der Waals surface area contributed by atoms with Crippen molar-refractivity contribution in [3.05, 3.63) is 52.2 Å². The van der Waals surface area contributed by atoms with Crippen LogP contribution in [0.5, 0.6) is 0 Å². The summed E-state index contributed by atoms with van der Waals surface area (Å²) in [5.74, 6) is 0.534. The van der Waals surface area contributed by atoms with Gasteiger partial charge in [-0.2, -0.15) is 10.5 Å². The van der Waals surface area contributed by atoms with Gasteiger partial charge >= 0.3 is 0 Å². The molecule has 0 fully saturated rings. The second-order valence-electron chi connectivity index (χ2n) is 5.99. The molecule has 0 aliphatic carbocycles. The predicted molar refractivity (Wildman–Crippen MR) is 106 cm³/mol. The number of hydrogen-bond donors (Lipinski definition) is 4. The highest BCUT2D eigenvalue weighted by molar-refractivity contribution is 6.29. The Morgan fingerprint density at radius 3 is 2.71 bits per heavy atom. The highest BCUT2D eigenvalue weighted by atomic mass is 35.5. The Balaban J connectivity index is 1.94. The molecule has 1 aliphatic rings. The Labute approximate surface area is 164 Å². The lowest BCUT2D eigenvalue weighted by Gasteiger charge is -2.26. The molecule has 0 amide bonds. The van der Waals surface area contributed by atoms with Crippen molar-refractivity contribution in [2.75, 3.05) is 16.8 Å². The number of aromatic nitrogens is 2. The summed E-state index contributed by atoms with van der Waals surface area (Å²) in [4.78, 5) is 13.0. The number of rotatable bonds is 1. The number of nitrogens with zero attached hydrogens (tertiary/aromatic N) is 5. The van der Waals surface area contributed by atoms with Gasteiger partial charge in [-0.3, -0.25) is 5.32 Å². The van der Waals surface area contributed by atoms with Crippen LogP contribution in [0.3, 0.4) is 0 Å². The maximum absolute atomic E-state index is 9.38. The number of aliphatic imine (C=N–C) groups is 1. The van der Waals surface area contributed by atoms with E-state index < -0.39 is 6.04 Å². The van der Waals surface area contributed by atoms with Crippen LogP contribution in [0.1, 0.15) is 22.7 Å². The molecule has 2 aromatic heterocycles. The van der Waals surface area contributed by atoms with Crippen molar-refractivity contribution >= 4 is 45.8 Å². The number of guanidine groups is 1. The molecule has 0 spiro atoms. The first-order valence-electron chi connectivity index (χ1n) is 8.07. The average Bonchev–Trinajstić information content (AvgIpc) is 2.67. The summed E-state index contributed by atoms with van der Waals surface area (Å²) in [6.07, 6.45) is 1.82. The van der Waals surface area contributed by atoms with E-state index in [1.165, 1.54) is 0 Å². The maximum atomic E-state index is 9.38. The van der Waals surface area contributed by atoms with Gasteiger partial charge in [0.25, 0.3) is 0 Å². The highest BCUT2D eigenvalue weighted by Crippen LogP contribution is 2.40. The minimum absolute atomic E-state index is 0.000519. The van der Waals surface area contributed by atoms with Gasteiger partial charge in [-0.15, -0.1) is 0 Å². The zero-order valence-corrected chi connectivity index (χ0v) is 15.0. The van der Waals surface area contributed by atoms with E-state index in [9.17, 15) is 5.26 Å². The topological polar surface area (TPSA) is 162 Å². The van der Waals surface area contributed by atoms with E-state index in [2.05, 4.69) is 25.6 Å². The molecule has 0 saturated heterocycles. The number of hydrogen-bond acceptors (Lipinski definition) is 9. The number of halogens is 1. The van der Waals surface area contributed by atoms with Gasteiger partial charge in [0.05, 0.1) is 11.2 Å². The van der Waals surface area contributed by atoms with E-state index >= 15 is 0 Å². The molecule has 0 bridgehead atoms. The summed E-state index contributed by atoms with van der Waals surface area (Å²) in [5, 5.41) is 24.9. The molecule has 136 valence electrons. The molecule has 0 radical (unpaired) electrons. The number of nitrogen functional groups attached to an aromatic ring is 2. The van der Waals surface area contributed by atoms with Crippen molar-refractivity contribution in [1.29, 1.82) is 10.5 Å². The number of nitrogens with one attached hydrogen (secondary N) is 2. The molecule has 9 nitrogen and oxygen atoms in total. The quantitative estimate of drug-likeness (QED) is 0.280. The number of nitrogens with two attached hydrogens (primary N) is 2. The van der Waals surface area contributed by atoms with Crippen LogP contribution < -0.4 is 22.1 Å². The van der Waals surface area contributed by atoms with Crippen LogP contribution in [0, 0.1) is 22.8 Å². The van der Waals surface area contributed by atoms with E-state index in [0.717, 1.165) is 16.5 Å². The first-order chi connectivity index (χ1) is 13.5. The lowest BCUT2D eigenvalue weighted by molar-refractivity contribution is 0.848. The fourth-order valence-electron chi connectivity index (χ4n) is 3.11. The first-order valence-corrected chi connectivity index (χ1v) is 8.44. The SMILES string of the molecule is N#CNC1=NC(c2ccc3nc(Cl)ccc3c2)c2c(nc(N)c(C#N)c2N)N1. The molecule has 0 saturated carbocycles. The van der Waals surface area contributed by atoms with Gasteiger partial charge < -0.3 is 16.8 Å². The standard InChI is InChI=1S/C18H12ClN9/c19-12-4-2-8-5-9(1-3-11(8)25-12)15-13-14(22)10(6-20)16(23)27-17(13)28-18(26-15)24-7-21/h1-5,15H,(H6,22,23,24,26,27,28). The van der Waals surface area contributed by atoms with Crippen LogP contribution in [0.25, 0.3) is 10.9 Å². The summed E-state index contributed by atoms with van der Waals surface area (Å²) in [5.41, 5.74) is 14.4. The van der Waals surface area contributed by atoms with Crippen LogP contribution in [0.2, 0.25) is 5.15 Å². The Kier molecular flexibility index (Phi) is 4.07. The maximum Gasteiger partial charge on any atom is 0.211 e. The fraction of sp³-hybridized carbons (Fsp3) is 0.0556. The molecule has 1 unspecified atom stereocenters. The monoisotopic (exact) mass is 389 g/mol. The smallest absolute Gasteiger partial charge is 0.211 e. The van der Waals surface area contributed by atoms with Crippen LogP contribution >= 0.6 is 11.6 Å². The van der Waals surface area contributed by atoms with Gasteiger partial charge in [0.2, 0.25) is 5.96 Å². The van der Waals surface area contributed by atoms with Crippen molar-refractivity contribution in [1.82, 2.24) is 15.3 Å². The van der Waals surface area contributed by atoms with Crippen molar-refractivity contribution in [2.24, 2.45) is 4.99 Å².